The number of rotatable bonds is 13. The van der Waals surface area contributed by atoms with Gasteiger partial charge in [0.2, 0.25) is 5.91 Å². The zero-order valence-electron chi connectivity index (χ0n) is 19.2. The summed E-state index contributed by atoms with van der Waals surface area (Å²) in [6, 6.07) is 14.2. The number of nitrogens with one attached hydrogen (secondary N) is 2. The first kappa shape index (κ1) is 23.9. The van der Waals surface area contributed by atoms with Gasteiger partial charge < -0.3 is 10.6 Å². The lowest BCUT2D eigenvalue weighted by Gasteiger charge is -2.23. The molecule has 1 unspecified atom stereocenters. The molecule has 3 rings (SSSR count). The van der Waals surface area contributed by atoms with Crippen molar-refractivity contribution in [1.29, 1.82) is 0 Å². The molecule has 32 heavy (non-hydrogen) atoms. The Labute approximate surface area is 192 Å². The molecular weight excluding hydrogens is 396 g/mol. The maximum Gasteiger partial charge on any atom is 0.237 e. The van der Waals surface area contributed by atoms with Crippen LogP contribution in [-0.2, 0) is 17.6 Å². The van der Waals surface area contributed by atoms with Crippen LogP contribution in [0.5, 0.6) is 0 Å². The maximum absolute atomic E-state index is 13.1. The van der Waals surface area contributed by atoms with E-state index < -0.39 is 0 Å². The highest BCUT2D eigenvalue weighted by molar-refractivity contribution is 5.82. The van der Waals surface area contributed by atoms with E-state index in [1.165, 1.54) is 16.7 Å². The second kappa shape index (κ2) is 13.6. The molecule has 0 saturated heterocycles. The number of aryl methyl sites for hydroxylation is 1. The largest absolute Gasteiger partial charge is 0.352 e. The van der Waals surface area contributed by atoms with Crippen LogP contribution in [0.15, 0.2) is 71.6 Å². The van der Waals surface area contributed by atoms with Crippen molar-refractivity contribution in [3.8, 4) is 0 Å². The van der Waals surface area contributed by atoms with E-state index in [2.05, 4.69) is 38.8 Å². The van der Waals surface area contributed by atoms with E-state index in [0.29, 0.717) is 6.42 Å². The van der Waals surface area contributed by atoms with Crippen molar-refractivity contribution in [2.45, 2.75) is 69.9 Å². The number of hydrogen-bond acceptors (Lipinski definition) is 4. The summed E-state index contributed by atoms with van der Waals surface area (Å²) in [5, 5.41) is 6.55. The number of amides is 1. The molecule has 2 atom stereocenters. The number of carbonyl (C=O) groups excluding carboxylic acids is 1. The maximum atomic E-state index is 13.1. The van der Waals surface area contributed by atoms with Crippen LogP contribution in [-0.4, -0.2) is 36.2 Å². The van der Waals surface area contributed by atoms with Crippen LogP contribution in [0.25, 0.3) is 0 Å². The van der Waals surface area contributed by atoms with Gasteiger partial charge in [0.05, 0.1) is 6.04 Å². The van der Waals surface area contributed by atoms with Gasteiger partial charge in [0, 0.05) is 30.9 Å². The Morgan fingerprint density at radius 1 is 1.03 bits per heavy atom. The molecule has 0 radical (unpaired) electrons. The lowest BCUT2D eigenvalue weighted by atomic mass is 9.97. The van der Waals surface area contributed by atoms with Crippen LogP contribution in [0.2, 0.25) is 0 Å². The highest BCUT2D eigenvalue weighted by Crippen LogP contribution is 2.18. The third-order valence-corrected chi connectivity index (χ3v) is 6.04. The Morgan fingerprint density at radius 3 is 2.50 bits per heavy atom. The minimum absolute atomic E-state index is 0.0872. The smallest absolute Gasteiger partial charge is 0.237 e. The van der Waals surface area contributed by atoms with Crippen molar-refractivity contribution in [2.75, 3.05) is 7.05 Å². The van der Waals surface area contributed by atoms with Crippen molar-refractivity contribution in [1.82, 2.24) is 15.6 Å². The van der Waals surface area contributed by atoms with Gasteiger partial charge in [0.1, 0.15) is 0 Å². The zero-order valence-corrected chi connectivity index (χ0v) is 19.2. The van der Waals surface area contributed by atoms with Crippen LogP contribution in [0.4, 0.5) is 0 Å². The van der Waals surface area contributed by atoms with Crippen molar-refractivity contribution >= 4 is 12.1 Å². The lowest BCUT2D eigenvalue weighted by Crippen LogP contribution is -2.47. The average Bonchev–Trinajstić information content (AvgIpc) is 2.84. The standard InChI is InChI=1S/C27H36N4O/c1-28-26(19-22-9-3-2-4-10-22)27(32)31-25(15-5-11-23-13-7-17-29-20-23)16-6-12-24-14-8-18-30-21-24/h2-4,7,9-10,13,17-18,20-21,25-26,28H,5-6,8,11-12,14-16,19H2,1H3,(H,31,32)/t25?,26-/m0/s1. The van der Waals surface area contributed by atoms with Crippen molar-refractivity contribution in [3.63, 3.8) is 0 Å². The molecule has 1 amide bonds. The fourth-order valence-electron chi connectivity index (χ4n) is 4.18. The fourth-order valence-corrected chi connectivity index (χ4v) is 4.18. The monoisotopic (exact) mass is 432 g/mol. The molecule has 170 valence electrons. The number of aliphatic imine (C=N–C) groups is 1. The van der Waals surface area contributed by atoms with Crippen LogP contribution >= 0.6 is 0 Å². The number of allylic oxidation sites excluding steroid dienone is 1. The number of nitrogens with zero attached hydrogens (tertiary/aromatic N) is 2. The predicted molar refractivity (Wildman–Crippen MR) is 132 cm³/mol. The molecule has 5 nitrogen and oxygen atoms in total. The van der Waals surface area contributed by atoms with E-state index >= 15 is 0 Å². The topological polar surface area (TPSA) is 66.4 Å². The molecule has 2 aromatic rings. The van der Waals surface area contributed by atoms with Gasteiger partial charge in [0.25, 0.3) is 0 Å². The third-order valence-electron chi connectivity index (χ3n) is 6.04. The molecule has 0 bridgehead atoms. The molecule has 0 spiro atoms. The van der Waals surface area contributed by atoms with E-state index in [9.17, 15) is 4.79 Å². The van der Waals surface area contributed by atoms with Crippen LogP contribution in [0, 0.1) is 0 Å². The van der Waals surface area contributed by atoms with Crippen molar-refractivity contribution < 1.29 is 4.79 Å². The van der Waals surface area contributed by atoms with E-state index in [-0.39, 0.29) is 18.0 Å². The van der Waals surface area contributed by atoms with Crippen LogP contribution < -0.4 is 10.6 Å². The van der Waals surface area contributed by atoms with E-state index in [0.717, 1.165) is 51.4 Å². The molecule has 0 saturated carbocycles. The summed E-state index contributed by atoms with van der Waals surface area (Å²) in [6.07, 6.45) is 16.7. The summed E-state index contributed by atoms with van der Waals surface area (Å²) < 4.78 is 0. The van der Waals surface area contributed by atoms with Gasteiger partial charge in [-0.3, -0.25) is 14.8 Å². The SMILES string of the molecule is CN[C@@H](Cc1ccccc1)C(=O)NC(CCCC1=CN=CCC1)CCCc1cccnc1. The fraction of sp³-hybridized carbons (Fsp3) is 0.444. The Hall–Kier alpha value is -2.79. The normalized spacial score (nSPS) is 15.1. The van der Waals surface area contributed by atoms with E-state index in [1.54, 1.807) is 6.20 Å². The molecule has 2 N–H and O–H groups in total. The summed E-state index contributed by atoms with van der Waals surface area (Å²) in [7, 11) is 1.86. The van der Waals surface area contributed by atoms with Crippen molar-refractivity contribution in [3.05, 3.63) is 77.8 Å². The molecule has 1 aliphatic rings. The van der Waals surface area contributed by atoms with Crippen LogP contribution in [0.3, 0.4) is 0 Å². The van der Waals surface area contributed by atoms with Gasteiger partial charge in [0.15, 0.2) is 0 Å². The second-order valence-electron chi connectivity index (χ2n) is 8.54. The first-order chi connectivity index (χ1) is 15.7. The summed E-state index contributed by atoms with van der Waals surface area (Å²) in [6.45, 7) is 0. The van der Waals surface area contributed by atoms with Gasteiger partial charge >= 0.3 is 0 Å². The average molecular weight is 433 g/mol. The number of benzene rings is 1. The number of aromatic nitrogens is 1. The molecular formula is C27H36N4O. The van der Waals surface area contributed by atoms with Gasteiger partial charge in [-0.15, -0.1) is 0 Å². The minimum atomic E-state index is -0.228. The molecule has 1 aromatic carbocycles. The summed E-state index contributed by atoms with van der Waals surface area (Å²) in [5.41, 5.74) is 3.84. The highest BCUT2D eigenvalue weighted by Gasteiger charge is 2.20. The summed E-state index contributed by atoms with van der Waals surface area (Å²) in [4.78, 5) is 21.6. The Morgan fingerprint density at radius 2 is 1.81 bits per heavy atom. The van der Waals surface area contributed by atoms with Crippen LogP contribution in [0.1, 0.15) is 56.1 Å². The quantitative estimate of drug-likeness (QED) is 0.485. The van der Waals surface area contributed by atoms with Gasteiger partial charge in [-0.05, 0) is 82.0 Å². The Kier molecular flexibility index (Phi) is 10.1. The van der Waals surface area contributed by atoms with Gasteiger partial charge in [-0.2, -0.15) is 0 Å². The first-order valence-corrected chi connectivity index (χ1v) is 11.8. The first-order valence-electron chi connectivity index (χ1n) is 11.8. The zero-order chi connectivity index (χ0) is 22.4. The van der Waals surface area contributed by atoms with Gasteiger partial charge in [-0.25, -0.2) is 0 Å². The Balaban J connectivity index is 1.54. The molecule has 0 aliphatic carbocycles. The Bertz CT molecular complexity index is 864. The predicted octanol–water partition coefficient (Wildman–Crippen LogP) is 4.64. The minimum Gasteiger partial charge on any atom is -0.352 e. The summed E-state index contributed by atoms with van der Waals surface area (Å²) in [5.74, 6) is 0.0872. The molecule has 0 fully saturated rings. The number of carbonyl (C=O) groups is 1. The third kappa shape index (κ3) is 8.39. The molecule has 1 aromatic heterocycles. The second-order valence-corrected chi connectivity index (χ2v) is 8.54. The highest BCUT2D eigenvalue weighted by atomic mass is 16.2. The van der Waals surface area contributed by atoms with E-state index in [1.807, 2.05) is 49.9 Å². The molecule has 5 heteroatoms. The number of hydrogen-bond donors (Lipinski definition) is 2. The lowest BCUT2D eigenvalue weighted by molar-refractivity contribution is -0.123. The van der Waals surface area contributed by atoms with E-state index in [4.69, 9.17) is 0 Å². The summed E-state index contributed by atoms with van der Waals surface area (Å²) >= 11 is 0. The molecule has 2 heterocycles. The van der Waals surface area contributed by atoms with Gasteiger partial charge in [-0.1, -0.05) is 42.0 Å². The van der Waals surface area contributed by atoms with Crippen molar-refractivity contribution in [2.24, 2.45) is 4.99 Å². The number of pyridine rings is 1. The molecule has 1 aliphatic heterocycles. The number of likely N-dealkylation sites (N-methyl/N-ethyl adjacent to an activating group) is 1.